The summed E-state index contributed by atoms with van der Waals surface area (Å²) in [6.45, 7) is 4.96. The molecular weight excluding hydrogens is 258 g/mol. The van der Waals surface area contributed by atoms with Crippen LogP contribution in [-0.2, 0) is 0 Å². The van der Waals surface area contributed by atoms with E-state index < -0.39 is 0 Å². The van der Waals surface area contributed by atoms with Gasteiger partial charge in [-0.25, -0.2) is 4.98 Å². The van der Waals surface area contributed by atoms with Crippen molar-refractivity contribution in [1.82, 2.24) is 4.98 Å². The van der Waals surface area contributed by atoms with E-state index >= 15 is 0 Å². The molecule has 0 unspecified atom stereocenters. The number of hydrogen-bond donors (Lipinski definition) is 0. The maximum absolute atomic E-state index is 5.95. The van der Waals surface area contributed by atoms with Gasteiger partial charge in [-0.2, -0.15) is 0 Å². The third-order valence-electron chi connectivity index (χ3n) is 3.33. The van der Waals surface area contributed by atoms with Crippen molar-refractivity contribution in [3.8, 4) is 17.0 Å². The lowest BCUT2D eigenvalue weighted by Crippen LogP contribution is -2.06. The number of benzene rings is 2. The van der Waals surface area contributed by atoms with Crippen molar-refractivity contribution < 1.29 is 4.74 Å². The lowest BCUT2D eigenvalue weighted by atomic mass is 10.0. The molecule has 2 nitrogen and oxygen atoms in total. The first-order chi connectivity index (χ1) is 10.2. The van der Waals surface area contributed by atoms with Crippen molar-refractivity contribution in [2.45, 2.75) is 13.8 Å². The Kier molecular flexibility index (Phi) is 3.87. The summed E-state index contributed by atoms with van der Waals surface area (Å²) in [6, 6.07) is 20.6. The van der Waals surface area contributed by atoms with Gasteiger partial charge in [0.25, 0.3) is 0 Å². The summed E-state index contributed by atoms with van der Waals surface area (Å²) in [7, 11) is 0. The third-order valence-corrected chi connectivity index (χ3v) is 3.33. The third kappa shape index (κ3) is 3.05. The summed E-state index contributed by atoms with van der Waals surface area (Å²) < 4.78 is 5.95. The van der Waals surface area contributed by atoms with Crippen molar-refractivity contribution in [1.29, 1.82) is 0 Å². The molecular formula is C19H19NO. The minimum absolute atomic E-state index is 0.474. The molecule has 3 rings (SSSR count). The van der Waals surface area contributed by atoms with Gasteiger partial charge in [0.2, 0.25) is 5.88 Å². The van der Waals surface area contributed by atoms with Gasteiger partial charge in [0.05, 0.1) is 12.1 Å². The van der Waals surface area contributed by atoms with Gasteiger partial charge in [0.15, 0.2) is 0 Å². The highest BCUT2D eigenvalue weighted by Gasteiger charge is 2.10. The molecule has 21 heavy (non-hydrogen) atoms. The zero-order valence-corrected chi connectivity index (χ0v) is 12.4. The van der Waals surface area contributed by atoms with Gasteiger partial charge >= 0.3 is 0 Å². The van der Waals surface area contributed by atoms with E-state index in [1.54, 1.807) is 0 Å². The second kappa shape index (κ2) is 5.96. The molecule has 0 saturated heterocycles. The quantitative estimate of drug-likeness (QED) is 0.674. The molecule has 0 spiro atoms. The Hall–Kier alpha value is -2.35. The summed E-state index contributed by atoms with van der Waals surface area (Å²) in [4.78, 5) is 4.70. The minimum atomic E-state index is 0.474. The normalized spacial score (nSPS) is 11.0. The van der Waals surface area contributed by atoms with Crippen molar-refractivity contribution in [3.05, 3.63) is 60.7 Å². The Morgan fingerprint density at radius 2 is 1.67 bits per heavy atom. The molecule has 106 valence electrons. The highest BCUT2D eigenvalue weighted by molar-refractivity contribution is 5.86. The predicted octanol–water partition coefficient (Wildman–Crippen LogP) is 4.94. The van der Waals surface area contributed by atoms with E-state index in [1.165, 1.54) is 0 Å². The van der Waals surface area contributed by atoms with Crippen molar-refractivity contribution in [2.24, 2.45) is 5.92 Å². The van der Waals surface area contributed by atoms with Gasteiger partial charge in [-0.15, -0.1) is 0 Å². The van der Waals surface area contributed by atoms with Crippen molar-refractivity contribution in [2.75, 3.05) is 6.61 Å². The molecule has 2 heteroatoms. The number of hydrogen-bond acceptors (Lipinski definition) is 2. The highest BCUT2D eigenvalue weighted by atomic mass is 16.5. The van der Waals surface area contributed by atoms with Crippen LogP contribution in [0.4, 0.5) is 0 Å². The average Bonchev–Trinajstić information content (AvgIpc) is 2.53. The molecule has 0 aliphatic rings. The number of rotatable bonds is 4. The number of aromatic nitrogens is 1. The van der Waals surface area contributed by atoms with Gasteiger partial charge in [0.1, 0.15) is 0 Å². The molecule has 2 aromatic carbocycles. The van der Waals surface area contributed by atoms with Gasteiger partial charge in [-0.1, -0.05) is 62.4 Å². The molecule has 0 amide bonds. The van der Waals surface area contributed by atoms with E-state index in [2.05, 4.69) is 38.1 Å². The fraction of sp³-hybridized carbons (Fsp3) is 0.211. The molecule has 1 aromatic heterocycles. The molecule has 0 radical (unpaired) electrons. The van der Waals surface area contributed by atoms with E-state index in [0.29, 0.717) is 18.4 Å². The van der Waals surface area contributed by atoms with Crippen LogP contribution in [0.1, 0.15) is 13.8 Å². The molecule has 0 aliphatic heterocycles. The first-order valence-electron chi connectivity index (χ1n) is 7.32. The fourth-order valence-corrected chi connectivity index (χ4v) is 2.28. The van der Waals surface area contributed by atoms with Crippen molar-refractivity contribution in [3.63, 3.8) is 0 Å². The number of para-hydroxylation sites is 1. The van der Waals surface area contributed by atoms with Crippen LogP contribution in [0.15, 0.2) is 60.7 Å². The Bertz CT molecular complexity index is 735. The lowest BCUT2D eigenvalue weighted by molar-refractivity contribution is 0.263. The number of fused-ring (bicyclic) bond motifs is 1. The second-order valence-corrected chi connectivity index (χ2v) is 5.60. The molecule has 0 aliphatic carbocycles. The Morgan fingerprint density at radius 1 is 0.952 bits per heavy atom. The Morgan fingerprint density at radius 3 is 2.43 bits per heavy atom. The van der Waals surface area contributed by atoms with E-state index in [1.807, 2.05) is 36.4 Å². The maximum atomic E-state index is 5.95. The van der Waals surface area contributed by atoms with E-state index in [-0.39, 0.29) is 0 Å². The molecule has 0 atom stereocenters. The van der Waals surface area contributed by atoms with Crippen LogP contribution in [0.3, 0.4) is 0 Å². The summed E-state index contributed by atoms with van der Waals surface area (Å²) in [5.41, 5.74) is 3.15. The van der Waals surface area contributed by atoms with Gasteiger partial charge in [-0.05, 0) is 23.6 Å². The first kappa shape index (κ1) is 13.6. The predicted molar refractivity (Wildman–Crippen MR) is 87.5 cm³/mol. The smallest absolute Gasteiger partial charge is 0.221 e. The summed E-state index contributed by atoms with van der Waals surface area (Å²) in [5, 5.41) is 1.13. The molecule has 3 aromatic rings. The van der Waals surface area contributed by atoms with Crippen LogP contribution in [0.25, 0.3) is 22.0 Å². The summed E-state index contributed by atoms with van der Waals surface area (Å²) in [5.74, 6) is 1.19. The topological polar surface area (TPSA) is 22.1 Å². The largest absolute Gasteiger partial charge is 0.477 e. The number of pyridine rings is 1. The molecule has 1 heterocycles. The maximum Gasteiger partial charge on any atom is 0.221 e. The van der Waals surface area contributed by atoms with E-state index in [0.717, 1.165) is 22.0 Å². The van der Waals surface area contributed by atoms with Gasteiger partial charge in [0, 0.05) is 10.9 Å². The minimum Gasteiger partial charge on any atom is -0.477 e. The zero-order valence-electron chi connectivity index (χ0n) is 12.4. The van der Waals surface area contributed by atoms with Crippen LogP contribution in [0, 0.1) is 5.92 Å². The monoisotopic (exact) mass is 277 g/mol. The molecule has 0 saturated carbocycles. The number of nitrogens with zero attached hydrogens (tertiary/aromatic N) is 1. The standard InChI is InChI=1S/C19H19NO/c1-14(2)13-21-19-17(15-8-4-3-5-9-15)12-16-10-6-7-11-18(16)20-19/h3-12,14H,13H2,1-2H3. The average molecular weight is 277 g/mol. The number of ether oxygens (including phenoxy) is 1. The van der Waals surface area contributed by atoms with Crippen LogP contribution in [0.2, 0.25) is 0 Å². The molecule has 0 bridgehead atoms. The SMILES string of the molecule is CC(C)COc1nc2ccccc2cc1-c1ccccc1. The molecule has 0 fully saturated rings. The van der Waals surface area contributed by atoms with Gasteiger partial charge in [-0.3, -0.25) is 0 Å². The summed E-state index contributed by atoms with van der Waals surface area (Å²) >= 11 is 0. The van der Waals surface area contributed by atoms with Crippen LogP contribution in [0.5, 0.6) is 5.88 Å². The lowest BCUT2D eigenvalue weighted by Gasteiger charge is -2.13. The van der Waals surface area contributed by atoms with Crippen LogP contribution >= 0.6 is 0 Å². The fourth-order valence-electron chi connectivity index (χ4n) is 2.28. The summed E-state index contributed by atoms with van der Waals surface area (Å²) in [6.07, 6.45) is 0. The second-order valence-electron chi connectivity index (χ2n) is 5.60. The molecule has 0 N–H and O–H groups in total. The van der Waals surface area contributed by atoms with Crippen LogP contribution in [-0.4, -0.2) is 11.6 Å². The van der Waals surface area contributed by atoms with Gasteiger partial charge < -0.3 is 4.74 Å². The zero-order chi connectivity index (χ0) is 14.7. The highest BCUT2D eigenvalue weighted by Crippen LogP contribution is 2.31. The van der Waals surface area contributed by atoms with Crippen LogP contribution < -0.4 is 4.74 Å². The first-order valence-corrected chi connectivity index (χ1v) is 7.32. The van der Waals surface area contributed by atoms with E-state index in [4.69, 9.17) is 9.72 Å². The Labute approximate surface area is 125 Å². The van der Waals surface area contributed by atoms with Crippen molar-refractivity contribution >= 4 is 10.9 Å². The Balaban J connectivity index is 2.12. The van der Waals surface area contributed by atoms with E-state index in [9.17, 15) is 0 Å².